The average Bonchev–Trinajstić information content (AvgIpc) is 2.98. The largest absolute Gasteiger partial charge is 0.349 e. The highest BCUT2D eigenvalue weighted by Crippen LogP contribution is 2.20. The van der Waals surface area contributed by atoms with Crippen LogP contribution in [0.15, 0.2) is 43.1 Å². The Balaban J connectivity index is 1.78. The Hall–Kier alpha value is -2.98. The van der Waals surface area contributed by atoms with Crippen molar-refractivity contribution in [3.05, 3.63) is 65.2 Å². The fourth-order valence-electron chi connectivity index (χ4n) is 2.02. The normalized spacial score (nSPS) is 10.3. The van der Waals surface area contributed by atoms with Crippen LogP contribution in [0.4, 0.5) is 15.8 Å². The van der Waals surface area contributed by atoms with E-state index in [0.717, 1.165) is 0 Å². The predicted molar refractivity (Wildman–Crippen MR) is 82.8 cm³/mol. The van der Waals surface area contributed by atoms with Gasteiger partial charge >= 0.3 is 0 Å². The lowest BCUT2D eigenvalue weighted by Gasteiger charge is -2.05. The van der Waals surface area contributed by atoms with Gasteiger partial charge < -0.3 is 5.32 Å². The molecule has 0 unspecified atom stereocenters. The summed E-state index contributed by atoms with van der Waals surface area (Å²) in [5.74, 6) is -0.352. The fraction of sp³-hybridized carbons (Fsp3) is 0.0667. The molecule has 0 radical (unpaired) electrons. The van der Waals surface area contributed by atoms with Gasteiger partial charge in [0.25, 0.3) is 0 Å². The molecule has 0 spiro atoms. The van der Waals surface area contributed by atoms with Crippen molar-refractivity contribution in [2.45, 2.75) is 6.54 Å². The molecule has 0 aliphatic carbocycles. The topological polar surface area (TPSA) is 79.4 Å². The summed E-state index contributed by atoms with van der Waals surface area (Å²) in [4.78, 5) is 7.74. The maximum Gasteiger partial charge on any atom is 0.167 e. The molecule has 2 aromatic heterocycles. The molecule has 1 N–H and O–H groups in total. The number of hydrogen-bond acceptors (Lipinski definition) is 5. The number of halogens is 2. The summed E-state index contributed by atoms with van der Waals surface area (Å²) < 4.78 is 14.9. The highest BCUT2D eigenvalue weighted by atomic mass is 35.5. The Labute approximate surface area is 136 Å². The van der Waals surface area contributed by atoms with Crippen LogP contribution < -0.4 is 5.32 Å². The second-order valence-electron chi connectivity index (χ2n) is 4.68. The number of nitriles is 1. The third-order valence-corrected chi connectivity index (χ3v) is 3.44. The lowest BCUT2D eigenvalue weighted by molar-refractivity contribution is 0.619. The Bertz CT molecular complexity index is 886. The lowest BCUT2D eigenvalue weighted by atomic mass is 10.2. The summed E-state index contributed by atoms with van der Waals surface area (Å²) in [6.45, 7) is 0.328. The molecular weight excluding hydrogens is 319 g/mol. The smallest absolute Gasteiger partial charge is 0.167 e. The monoisotopic (exact) mass is 328 g/mol. The van der Waals surface area contributed by atoms with E-state index in [1.807, 2.05) is 6.07 Å². The first kappa shape index (κ1) is 14.9. The zero-order chi connectivity index (χ0) is 16.2. The molecule has 0 saturated heterocycles. The van der Waals surface area contributed by atoms with Crippen LogP contribution >= 0.6 is 11.6 Å². The Morgan fingerprint density at radius 1 is 1.35 bits per heavy atom. The van der Waals surface area contributed by atoms with Gasteiger partial charge in [0.15, 0.2) is 5.69 Å². The summed E-state index contributed by atoms with van der Waals surface area (Å²) in [7, 11) is 0. The van der Waals surface area contributed by atoms with Gasteiger partial charge in [0, 0.05) is 11.2 Å². The van der Waals surface area contributed by atoms with Crippen molar-refractivity contribution < 1.29 is 4.39 Å². The molecule has 2 heterocycles. The number of rotatable bonds is 4. The molecule has 0 aliphatic rings. The van der Waals surface area contributed by atoms with Gasteiger partial charge in [-0.1, -0.05) is 11.6 Å². The number of nitrogens with one attached hydrogen (secondary N) is 1. The van der Waals surface area contributed by atoms with E-state index in [4.69, 9.17) is 16.9 Å². The Kier molecular flexibility index (Phi) is 4.17. The fourth-order valence-corrected chi connectivity index (χ4v) is 2.20. The van der Waals surface area contributed by atoms with Crippen molar-refractivity contribution in [2.24, 2.45) is 0 Å². The average molecular weight is 329 g/mol. The maximum absolute atomic E-state index is 13.3. The number of benzene rings is 1. The molecule has 114 valence electrons. The van der Waals surface area contributed by atoms with Gasteiger partial charge in [-0.25, -0.2) is 14.4 Å². The molecule has 0 saturated carbocycles. The standard InChI is InChI=1S/C15H10ClFN6/c16-13-2-1-11(17)3-10(13)7-23-8-12(5-21-23)22-15-6-19-9-20-14(15)4-18/h1-3,5-6,8-9,22H,7H2. The van der Waals surface area contributed by atoms with Gasteiger partial charge in [0.1, 0.15) is 18.2 Å². The van der Waals surface area contributed by atoms with E-state index in [1.165, 1.54) is 30.7 Å². The van der Waals surface area contributed by atoms with Gasteiger partial charge in [-0.3, -0.25) is 4.68 Å². The predicted octanol–water partition coefficient (Wildman–Crippen LogP) is 3.13. The van der Waals surface area contributed by atoms with Gasteiger partial charge in [-0.15, -0.1) is 0 Å². The van der Waals surface area contributed by atoms with E-state index in [0.29, 0.717) is 28.5 Å². The first-order chi connectivity index (χ1) is 11.2. The van der Waals surface area contributed by atoms with Gasteiger partial charge in [-0.2, -0.15) is 10.4 Å². The van der Waals surface area contributed by atoms with Crippen LogP contribution in [0.1, 0.15) is 11.3 Å². The van der Waals surface area contributed by atoms with E-state index in [1.54, 1.807) is 17.1 Å². The van der Waals surface area contributed by atoms with Crippen LogP contribution in [0.25, 0.3) is 0 Å². The minimum Gasteiger partial charge on any atom is -0.349 e. The summed E-state index contributed by atoms with van der Waals surface area (Å²) in [5, 5.41) is 16.7. The second kappa shape index (κ2) is 6.42. The Morgan fingerprint density at radius 3 is 3.04 bits per heavy atom. The van der Waals surface area contributed by atoms with Crippen LogP contribution in [-0.2, 0) is 6.54 Å². The summed E-state index contributed by atoms with van der Waals surface area (Å²) in [5.41, 5.74) is 2.00. The highest BCUT2D eigenvalue weighted by Gasteiger charge is 2.07. The highest BCUT2D eigenvalue weighted by molar-refractivity contribution is 6.31. The zero-order valence-corrected chi connectivity index (χ0v) is 12.5. The molecule has 0 fully saturated rings. The van der Waals surface area contributed by atoms with Crippen LogP contribution in [0, 0.1) is 17.1 Å². The Morgan fingerprint density at radius 2 is 2.22 bits per heavy atom. The molecule has 6 nitrogen and oxygen atoms in total. The minimum atomic E-state index is -0.352. The van der Waals surface area contributed by atoms with Gasteiger partial charge in [0.05, 0.1) is 30.3 Å². The number of hydrogen-bond donors (Lipinski definition) is 1. The molecule has 0 aliphatic heterocycles. The summed E-state index contributed by atoms with van der Waals surface area (Å²) >= 11 is 6.05. The van der Waals surface area contributed by atoms with Crippen LogP contribution in [0.3, 0.4) is 0 Å². The number of anilines is 2. The molecule has 8 heteroatoms. The van der Waals surface area contributed by atoms with Crippen molar-refractivity contribution >= 4 is 23.0 Å². The van der Waals surface area contributed by atoms with Crippen molar-refractivity contribution in [1.82, 2.24) is 19.7 Å². The molecule has 0 atom stereocenters. The number of nitrogens with zero attached hydrogens (tertiary/aromatic N) is 5. The van der Waals surface area contributed by atoms with Crippen LogP contribution in [0.2, 0.25) is 5.02 Å². The van der Waals surface area contributed by atoms with Crippen molar-refractivity contribution in [2.75, 3.05) is 5.32 Å². The minimum absolute atomic E-state index is 0.237. The second-order valence-corrected chi connectivity index (χ2v) is 5.09. The van der Waals surface area contributed by atoms with E-state index >= 15 is 0 Å². The van der Waals surface area contributed by atoms with E-state index in [-0.39, 0.29) is 11.5 Å². The van der Waals surface area contributed by atoms with Crippen molar-refractivity contribution in [1.29, 1.82) is 5.26 Å². The molecule has 0 bridgehead atoms. The molecule has 3 rings (SSSR count). The first-order valence-corrected chi connectivity index (χ1v) is 6.97. The van der Waals surface area contributed by atoms with E-state index in [2.05, 4.69) is 20.4 Å². The lowest BCUT2D eigenvalue weighted by Crippen LogP contribution is -2.01. The number of aromatic nitrogens is 4. The van der Waals surface area contributed by atoms with Crippen molar-refractivity contribution in [3.63, 3.8) is 0 Å². The van der Waals surface area contributed by atoms with Gasteiger partial charge in [0.2, 0.25) is 0 Å². The SMILES string of the molecule is N#Cc1ncncc1Nc1cnn(Cc2cc(F)ccc2Cl)c1. The van der Waals surface area contributed by atoms with Crippen LogP contribution in [-0.4, -0.2) is 19.7 Å². The summed E-state index contributed by atoms with van der Waals surface area (Å²) in [6, 6.07) is 6.16. The molecule has 3 aromatic rings. The molecule has 0 amide bonds. The third-order valence-electron chi connectivity index (χ3n) is 3.07. The van der Waals surface area contributed by atoms with E-state index in [9.17, 15) is 4.39 Å². The zero-order valence-electron chi connectivity index (χ0n) is 11.7. The quantitative estimate of drug-likeness (QED) is 0.796. The van der Waals surface area contributed by atoms with Crippen LogP contribution in [0.5, 0.6) is 0 Å². The maximum atomic E-state index is 13.3. The summed E-state index contributed by atoms with van der Waals surface area (Å²) in [6.07, 6.45) is 6.11. The first-order valence-electron chi connectivity index (χ1n) is 6.59. The molecule has 1 aromatic carbocycles. The molecular formula is C15H10ClFN6. The van der Waals surface area contributed by atoms with Gasteiger partial charge in [-0.05, 0) is 23.8 Å². The molecule has 23 heavy (non-hydrogen) atoms. The van der Waals surface area contributed by atoms with E-state index < -0.39 is 0 Å². The third kappa shape index (κ3) is 3.44. The van der Waals surface area contributed by atoms with Crippen molar-refractivity contribution in [3.8, 4) is 6.07 Å².